The van der Waals surface area contributed by atoms with Crippen molar-refractivity contribution in [2.45, 2.75) is 62.7 Å². The van der Waals surface area contributed by atoms with E-state index in [1.807, 2.05) is 0 Å². The third-order valence-corrected chi connectivity index (χ3v) is 5.41. The summed E-state index contributed by atoms with van der Waals surface area (Å²) in [5.41, 5.74) is 5.44. The van der Waals surface area contributed by atoms with Crippen LogP contribution in [0.5, 0.6) is 0 Å². The second-order valence-corrected chi connectivity index (χ2v) is 7.57. The number of amides is 1. The van der Waals surface area contributed by atoms with Gasteiger partial charge in [0.25, 0.3) is 5.91 Å². The lowest BCUT2D eigenvalue weighted by Crippen LogP contribution is -2.42. The van der Waals surface area contributed by atoms with Crippen molar-refractivity contribution >= 4 is 22.9 Å². The van der Waals surface area contributed by atoms with Crippen LogP contribution in [-0.4, -0.2) is 71.2 Å². The van der Waals surface area contributed by atoms with Gasteiger partial charge >= 0.3 is 0 Å². The number of aromatic nitrogens is 4. The van der Waals surface area contributed by atoms with E-state index >= 15 is 0 Å². The Morgan fingerprint density at radius 1 is 1.37 bits per heavy atom. The number of aliphatic hydroxyl groups excluding tert-OH is 2. The summed E-state index contributed by atoms with van der Waals surface area (Å²) in [5.74, 6) is 5.24. The number of fused-ring (bicyclic) bond motifs is 1. The van der Waals surface area contributed by atoms with Gasteiger partial charge in [-0.25, -0.2) is 15.0 Å². The summed E-state index contributed by atoms with van der Waals surface area (Å²) in [7, 11) is 0. The molecular formula is C19H24N6O5. The second kappa shape index (κ2) is 7.81. The summed E-state index contributed by atoms with van der Waals surface area (Å²) in [6.45, 7) is 2.10. The number of nitrogens with one attached hydrogen (secondary N) is 1. The van der Waals surface area contributed by atoms with Gasteiger partial charge in [0.05, 0.1) is 6.33 Å². The number of carbonyl (C=O) groups is 1. The standard InChI is InChI=1S/C19H24N6O5/c1-2-21-17(28)14-12(26)13(27)18(30-14)25-9-22-11-15(20)23-10(24-16(11)25)5-8-19(29)6-3-4-7-19/h9,12-14,18,26-27,29H,2-4,6-7H2,1H3,(H,21,28)(H2,20,23,24). The predicted octanol–water partition coefficient (Wildman–Crippen LogP) is -1.18. The van der Waals surface area contributed by atoms with Crippen LogP contribution in [0.15, 0.2) is 6.33 Å². The van der Waals surface area contributed by atoms with Crippen LogP contribution in [0.4, 0.5) is 5.82 Å². The van der Waals surface area contributed by atoms with E-state index in [0.717, 1.165) is 12.8 Å². The number of nitrogens with zero attached hydrogens (tertiary/aromatic N) is 4. The van der Waals surface area contributed by atoms with Crippen LogP contribution in [0.2, 0.25) is 0 Å². The average molecular weight is 416 g/mol. The Morgan fingerprint density at radius 3 is 2.80 bits per heavy atom. The van der Waals surface area contributed by atoms with Crippen LogP contribution in [0, 0.1) is 11.8 Å². The fourth-order valence-electron chi connectivity index (χ4n) is 3.82. The van der Waals surface area contributed by atoms with E-state index in [0.29, 0.717) is 19.4 Å². The Kier molecular flexibility index (Phi) is 5.33. The molecule has 0 bridgehead atoms. The molecule has 1 aliphatic heterocycles. The lowest BCUT2D eigenvalue weighted by Gasteiger charge is -2.16. The maximum atomic E-state index is 12.1. The summed E-state index contributed by atoms with van der Waals surface area (Å²) in [6, 6.07) is 0. The quantitative estimate of drug-likeness (QED) is 0.387. The Labute approximate surface area is 172 Å². The summed E-state index contributed by atoms with van der Waals surface area (Å²) in [5, 5.41) is 33.7. The van der Waals surface area contributed by atoms with Crippen LogP contribution in [0.25, 0.3) is 11.2 Å². The van der Waals surface area contributed by atoms with E-state index in [4.69, 9.17) is 10.5 Å². The van der Waals surface area contributed by atoms with E-state index in [1.54, 1.807) is 6.92 Å². The van der Waals surface area contributed by atoms with Crippen molar-refractivity contribution in [3.05, 3.63) is 12.2 Å². The smallest absolute Gasteiger partial charge is 0.252 e. The minimum absolute atomic E-state index is 0.0785. The number of imidazole rings is 1. The SMILES string of the molecule is CCNC(=O)C1OC(n2cnc3c(N)nc(C#CC4(O)CCCC4)nc32)C(O)C1O. The molecule has 2 aromatic heterocycles. The van der Waals surface area contributed by atoms with Gasteiger partial charge in [-0.3, -0.25) is 9.36 Å². The second-order valence-electron chi connectivity index (χ2n) is 7.57. The van der Waals surface area contributed by atoms with Crippen molar-refractivity contribution < 1.29 is 24.9 Å². The first-order valence-electron chi connectivity index (χ1n) is 9.88. The molecule has 1 aliphatic carbocycles. The molecule has 6 N–H and O–H groups in total. The molecule has 0 spiro atoms. The van der Waals surface area contributed by atoms with Crippen molar-refractivity contribution in [1.82, 2.24) is 24.8 Å². The summed E-state index contributed by atoms with van der Waals surface area (Å²) < 4.78 is 7.01. The van der Waals surface area contributed by atoms with Crippen molar-refractivity contribution in [1.29, 1.82) is 0 Å². The molecule has 0 radical (unpaired) electrons. The lowest BCUT2D eigenvalue weighted by molar-refractivity contribution is -0.137. The number of hydrogen-bond acceptors (Lipinski definition) is 9. The molecule has 160 valence electrons. The van der Waals surface area contributed by atoms with E-state index in [-0.39, 0.29) is 22.8 Å². The maximum absolute atomic E-state index is 12.1. The Hall–Kier alpha value is -2.78. The van der Waals surface area contributed by atoms with Crippen LogP contribution in [-0.2, 0) is 9.53 Å². The summed E-state index contributed by atoms with van der Waals surface area (Å²) >= 11 is 0. The van der Waals surface area contributed by atoms with Crippen LogP contribution < -0.4 is 11.1 Å². The summed E-state index contributed by atoms with van der Waals surface area (Å²) in [4.78, 5) is 24.7. The van der Waals surface area contributed by atoms with Crippen molar-refractivity contribution in [3.8, 4) is 11.8 Å². The van der Waals surface area contributed by atoms with Gasteiger partial charge in [0, 0.05) is 6.54 Å². The number of ether oxygens (including phenoxy) is 1. The normalized spacial score (nSPS) is 27.7. The molecule has 0 aromatic carbocycles. The summed E-state index contributed by atoms with van der Waals surface area (Å²) in [6.07, 6.45) is -0.803. The minimum Gasteiger partial charge on any atom is -0.387 e. The van der Waals surface area contributed by atoms with Crippen molar-refractivity contribution in [2.24, 2.45) is 0 Å². The van der Waals surface area contributed by atoms with Gasteiger partial charge in [-0.05, 0) is 38.5 Å². The van der Waals surface area contributed by atoms with E-state index in [1.165, 1.54) is 10.9 Å². The van der Waals surface area contributed by atoms with Crippen molar-refractivity contribution in [3.63, 3.8) is 0 Å². The number of carbonyl (C=O) groups excluding carboxylic acids is 1. The largest absolute Gasteiger partial charge is 0.387 e. The fourth-order valence-corrected chi connectivity index (χ4v) is 3.82. The zero-order valence-electron chi connectivity index (χ0n) is 16.4. The number of rotatable bonds is 3. The highest BCUT2D eigenvalue weighted by Gasteiger charge is 2.47. The number of nitrogens with two attached hydrogens (primary N) is 1. The Morgan fingerprint density at radius 2 is 2.10 bits per heavy atom. The monoisotopic (exact) mass is 416 g/mol. The first kappa shape index (κ1) is 20.5. The third kappa shape index (κ3) is 3.59. The number of nitrogen functional groups attached to an aromatic ring is 1. The molecule has 1 amide bonds. The number of hydrogen-bond donors (Lipinski definition) is 5. The van der Waals surface area contributed by atoms with Gasteiger partial charge in [-0.15, -0.1) is 0 Å². The van der Waals surface area contributed by atoms with Crippen LogP contribution in [0.1, 0.15) is 44.7 Å². The maximum Gasteiger partial charge on any atom is 0.252 e. The van der Waals surface area contributed by atoms with E-state index in [9.17, 15) is 20.1 Å². The molecule has 11 heteroatoms. The molecule has 2 aliphatic rings. The lowest BCUT2D eigenvalue weighted by atomic mass is 10.0. The molecule has 11 nitrogen and oxygen atoms in total. The molecular weight excluding hydrogens is 392 g/mol. The molecule has 1 saturated heterocycles. The number of likely N-dealkylation sites (N-methyl/N-ethyl adjacent to an activating group) is 1. The topological polar surface area (TPSA) is 169 Å². The van der Waals surface area contributed by atoms with Gasteiger partial charge < -0.3 is 31.1 Å². The van der Waals surface area contributed by atoms with Gasteiger partial charge in [-0.1, -0.05) is 5.92 Å². The molecule has 30 heavy (non-hydrogen) atoms. The first-order chi connectivity index (χ1) is 14.3. The number of aliphatic hydroxyl groups is 3. The van der Waals surface area contributed by atoms with Gasteiger partial charge in [-0.2, -0.15) is 0 Å². The Balaban J connectivity index is 1.68. The molecule has 2 fully saturated rings. The van der Waals surface area contributed by atoms with E-state index < -0.39 is 36.0 Å². The molecule has 4 rings (SSSR count). The van der Waals surface area contributed by atoms with Crippen molar-refractivity contribution in [2.75, 3.05) is 12.3 Å². The predicted molar refractivity (Wildman–Crippen MR) is 105 cm³/mol. The molecule has 2 aromatic rings. The van der Waals surface area contributed by atoms with E-state index in [2.05, 4.69) is 32.1 Å². The van der Waals surface area contributed by atoms with Crippen LogP contribution >= 0.6 is 0 Å². The molecule has 4 unspecified atom stereocenters. The fraction of sp³-hybridized carbons (Fsp3) is 0.579. The molecule has 3 heterocycles. The third-order valence-electron chi connectivity index (χ3n) is 5.41. The zero-order valence-corrected chi connectivity index (χ0v) is 16.4. The Bertz CT molecular complexity index is 1020. The molecule has 4 atom stereocenters. The van der Waals surface area contributed by atoms with Crippen LogP contribution in [0.3, 0.4) is 0 Å². The first-order valence-corrected chi connectivity index (χ1v) is 9.88. The highest BCUT2D eigenvalue weighted by molar-refractivity contribution is 5.83. The van der Waals surface area contributed by atoms with Gasteiger partial charge in [0.1, 0.15) is 23.3 Å². The zero-order chi connectivity index (χ0) is 21.5. The van der Waals surface area contributed by atoms with Gasteiger partial charge in [0.2, 0.25) is 5.82 Å². The average Bonchev–Trinajstić information content (AvgIpc) is 3.40. The van der Waals surface area contributed by atoms with Gasteiger partial charge in [0.15, 0.2) is 23.8 Å². The minimum atomic E-state index is -1.42. The highest BCUT2D eigenvalue weighted by atomic mass is 16.6. The molecule has 1 saturated carbocycles. The highest BCUT2D eigenvalue weighted by Crippen LogP contribution is 2.32. The number of anilines is 1.